The summed E-state index contributed by atoms with van der Waals surface area (Å²) in [6.45, 7) is 10.5. The van der Waals surface area contributed by atoms with E-state index in [1.54, 1.807) is 18.2 Å². The lowest BCUT2D eigenvalue weighted by atomic mass is 10.1. The fourth-order valence-electron chi connectivity index (χ4n) is 3.07. The molecule has 34 heavy (non-hydrogen) atoms. The normalized spacial score (nSPS) is 12.3. The quantitative estimate of drug-likeness (QED) is 0.386. The first-order valence-electron chi connectivity index (χ1n) is 11.0. The van der Waals surface area contributed by atoms with Crippen LogP contribution in [0.4, 0.5) is 13.2 Å². The molecule has 2 rings (SSSR count). The van der Waals surface area contributed by atoms with Gasteiger partial charge in [0, 0.05) is 13.1 Å². The molecular weight excluding hydrogens is 463 g/mol. The average molecular weight is 498 g/mol. The van der Waals surface area contributed by atoms with E-state index < -0.39 is 20.4 Å². The molecule has 5 nitrogen and oxygen atoms in total. The van der Waals surface area contributed by atoms with E-state index in [0.29, 0.717) is 17.1 Å². The second-order valence-electron chi connectivity index (χ2n) is 9.67. The van der Waals surface area contributed by atoms with Crippen LogP contribution in [-0.4, -0.2) is 46.1 Å². The molecule has 0 aliphatic rings. The van der Waals surface area contributed by atoms with E-state index in [9.17, 15) is 18.0 Å². The molecule has 0 aliphatic carbocycles. The average Bonchev–Trinajstić information content (AvgIpc) is 2.75. The molecule has 0 saturated heterocycles. The van der Waals surface area contributed by atoms with Crippen molar-refractivity contribution in [2.75, 3.05) is 20.8 Å². The van der Waals surface area contributed by atoms with E-state index in [1.807, 2.05) is 24.3 Å². The summed E-state index contributed by atoms with van der Waals surface area (Å²) in [5, 5.41) is 0.0499. The SMILES string of the molecule is COc1ccc(CN(CCc2ccc(O[Si](C)(C)C(C)(C)C)cc2)C(=O)C(F)(F)F)cc1OC. The highest BCUT2D eigenvalue weighted by Crippen LogP contribution is 2.37. The smallest absolute Gasteiger partial charge is 0.471 e. The fourth-order valence-corrected chi connectivity index (χ4v) is 4.10. The minimum absolute atomic E-state index is 0.0499. The van der Waals surface area contributed by atoms with Crippen molar-refractivity contribution < 1.29 is 31.9 Å². The molecule has 0 fully saturated rings. The number of halogens is 3. The fraction of sp³-hybridized carbons (Fsp3) is 0.480. The van der Waals surface area contributed by atoms with Gasteiger partial charge in [-0.15, -0.1) is 0 Å². The first-order chi connectivity index (χ1) is 15.7. The molecule has 188 valence electrons. The second kappa shape index (κ2) is 10.7. The first kappa shape index (κ1) is 27.6. The van der Waals surface area contributed by atoms with Crippen LogP contribution in [0.15, 0.2) is 42.5 Å². The van der Waals surface area contributed by atoms with Gasteiger partial charge in [-0.05, 0) is 59.9 Å². The van der Waals surface area contributed by atoms with Gasteiger partial charge in [0.05, 0.1) is 14.2 Å². The number of benzene rings is 2. The van der Waals surface area contributed by atoms with Gasteiger partial charge < -0.3 is 18.8 Å². The molecular formula is C25H34F3NO4Si. The maximum Gasteiger partial charge on any atom is 0.471 e. The van der Waals surface area contributed by atoms with Crippen LogP contribution in [0.2, 0.25) is 18.1 Å². The van der Waals surface area contributed by atoms with Gasteiger partial charge in [0.1, 0.15) is 5.75 Å². The van der Waals surface area contributed by atoms with Gasteiger partial charge in [0.25, 0.3) is 0 Å². The second-order valence-corrected chi connectivity index (χ2v) is 14.4. The maximum atomic E-state index is 13.3. The molecule has 0 heterocycles. The third-order valence-electron chi connectivity index (χ3n) is 6.12. The number of alkyl halides is 3. The molecule has 0 aliphatic heterocycles. The van der Waals surface area contributed by atoms with E-state index in [0.717, 1.165) is 16.2 Å². The summed E-state index contributed by atoms with van der Waals surface area (Å²) in [4.78, 5) is 12.9. The third kappa shape index (κ3) is 7.16. The number of methoxy groups -OCH3 is 2. The zero-order valence-electron chi connectivity index (χ0n) is 20.9. The summed E-state index contributed by atoms with van der Waals surface area (Å²) in [7, 11) is 0.924. The molecule has 0 spiro atoms. The Kier molecular flexibility index (Phi) is 8.68. The van der Waals surface area contributed by atoms with Gasteiger partial charge in [-0.3, -0.25) is 4.79 Å². The minimum atomic E-state index is -4.96. The molecule has 0 unspecified atom stereocenters. The van der Waals surface area contributed by atoms with Crippen molar-refractivity contribution in [2.45, 2.75) is 58.0 Å². The molecule has 2 aromatic carbocycles. The number of nitrogens with zero attached hydrogens (tertiary/aromatic N) is 1. The molecule has 1 amide bonds. The Labute approximate surface area is 200 Å². The van der Waals surface area contributed by atoms with Gasteiger partial charge in [-0.1, -0.05) is 39.0 Å². The van der Waals surface area contributed by atoms with Gasteiger partial charge in [0.2, 0.25) is 8.32 Å². The lowest BCUT2D eigenvalue weighted by molar-refractivity contribution is -0.186. The van der Waals surface area contributed by atoms with Crippen LogP contribution in [0.3, 0.4) is 0 Å². The van der Waals surface area contributed by atoms with Crippen LogP contribution in [0.1, 0.15) is 31.9 Å². The van der Waals surface area contributed by atoms with Crippen LogP contribution < -0.4 is 13.9 Å². The van der Waals surface area contributed by atoms with E-state index in [2.05, 4.69) is 33.9 Å². The van der Waals surface area contributed by atoms with Crippen molar-refractivity contribution in [3.63, 3.8) is 0 Å². The molecule has 0 radical (unpaired) electrons. The largest absolute Gasteiger partial charge is 0.544 e. The number of rotatable bonds is 9. The summed E-state index contributed by atoms with van der Waals surface area (Å²) in [6.07, 6.45) is -4.69. The van der Waals surface area contributed by atoms with E-state index in [-0.39, 0.29) is 24.5 Å². The Morgan fingerprint density at radius 1 is 0.912 bits per heavy atom. The van der Waals surface area contributed by atoms with Gasteiger partial charge >= 0.3 is 12.1 Å². The lowest BCUT2D eigenvalue weighted by Crippen LogP contribution is -2.43. The third-order valence-corrected chi connectivity index (χ3v) is 10.5. The Morgan fingerprint density at radius 3 is 1.97 bits per heavy atom. The maximum absolute atomic E-state index is 13.3. The predicted octanol–water partition coefficient (Wildman–Crippen LogP) is 6.22. The Balaban J connectivity index is 2.15. The highest BCUT2D eigenvalue weighted by atomic mass is 28.4. The number of hydrogen-bond acceptors (Lipinski definition) is 4. The zero-order chi connectivity index (χ0) is 25.7. The molecule has 0 saturated carbocycles. The summed E-state index contributed by atoms with van der Waals surface area (Å²) in [5.41, 5.74) is 1.32. The van der Waals surface area contributed by atoms with Gasteiger partial charge in [-0.25, -0.2) is 0 Å². The van der Waals surface area contributed by atoms with Crippen LogP contribution in [0.5, 0.6) is 17.2 Å². The molecule has 0 N–H and O–H groups in total. The Hall–Kier alpha value is -2.68. The minimum Gasteiger partial charge on any atom is -0.544 e. The standard InChI is InChI=1S/C25H34F3NO4Si/c1-24(2,3)34(6,7)33-20-11-8-18(9-12-20)14-15-29(23(30)25(26,27)28)17-19-10-13-21(31-4)22(16-19)32-5/h8-13,16H,14-15,17H2,1-7H3. The number of hydrogen-bond donors (Lipinski definition) is 0. The van der Waals surface area contributed by atoms with E-state index in [1.165, 1.54) is 14.2 Å². The molecule has 0 aromatic heterocycles. The number of amides is 1. The van der Waals surface area contributed by atoms with Crippen molar-refractivity contribution in [3.05, 3.63) is 53.6 Å². The number of carbonyl (C=O) groups excluding carboxylic acids is 1. The highest BCUT2D eigenvalue weighted by Gasteiger charge is 2.42. The van der Waals surface area contributed by atoms with Crippen LogP contribution in [0, 0.1) is 0 Å². The van der Waals surface area contributed by atoms with E-state index in [4.69, 9.17) is 13.9 Å². The Bertz CT molecular complexity index is 970. The van der Waals surface area contributed by atoms with Crippen molar-refractivity contribution in [2.24, 2.45) is 0 Å². The summed E-state index contributed by atoms with van der Waals surface area (Å²) in [5.74, 6) is -0.291. The van der Waals surface area contributed by atoms with Crippen LogP contribution >= 0.6 is 0 Å². The molecule has 0 atom stereocenters. The number of carbonyl (C=O) groups is 1. The zero-order valence-corrected chi connectivity index (χ0v) is 21.9. The first-order valence-corrected chi connectivity index (χ1v) is 13.9. The summed E-state index contributed by atoms with van der Waals surface area (Å²) in [6, 6.07) is 12.1. The monoisotopic (exact) mass is 497 g/mol. The van der Waals surface area contributed by atoms with Crippen molar-refractivity contribution in [3.8, 4) is 17.2 Å². The number of ether oxygens (including phenoxy) is 2. The summed E-state index contributed by atoms with van der Waals surface area (Å²) < 4.78 is 56.4. The van der Waals surface area contributed by atoms with Crippen LogP contribution in [0.25, 0.3) is 0 Å². The molecule has 0 bridgehead atoms. The van der Waals surface area contributed by atoms with Gasteiger partial charge in [0.15, 0.2) is 11.5 Å². The van der Waals surface area contributed by atoms with Crippen molar-refractivity contribution in [1.82, 2.24) is 4.90 Å². The Morgan fingerprint density at radius 2 is 1.47 bits per heavy atom. The lowest BCUT2D eigenvalue weighted by Gasteiger charge is -2.36. The van der Waals surface area contributed by atoms with Gasteiger partial charge in [-0.2, -0.15) is 13.2 Å². The molecule has 2 aromatic rings. The molecule has 9 heteroatoms. The van der Waals surface area contributed by atoms with Crippen LogP contribution in [-0.2, 0) is 17.8 Å². The van der Waals surface area contributed by atoms with Crippen molar-refractivity contribution in [1.29, 1.82) is 0 Å². The highest BCUT2D eigenvalue weighted by molar-refractivity contribution is 6.74. The van der Waals surface area contributed by atoms with Crippen molar-refractivity contribution >= 4 is 14.2 Å². The predicted molar refractivity (Wildman–Crippen MR) is 129 cm³/mol. The van der Waals surface area contributed by atoms with E-state index >= 15 is 0 Å². The topological polar surface area (TPSA) is 48.0 Å². The summed E-state index contributed by atoms with van der Waals surface area (Å²) >= 11 is 0.